The summed E-state index contributed by atoms with van der Waals surface area (Å²) in [6, 6.07) is 16.2. The Morgan fingerprint density at radius 2 is 1.84 bits per heavy atom. The van der Waals surface area contributed by atoms with Gasteiger partial charge in [-0.05, 0) is 60.2 Å². The number of methoxy groups -OCH3 is 1. The van der Waals surface area contributed by atoms with E-state index in [1.54, 1.807) is 42.5 Å². The minimum atomic E-state index is -0.650. The van der Waals surface area contributed by atoms with Gasteiger partial charge in [0, 0.05) is 15.1 Å². The van der Waals surface area contributed by atoms with Crippen LogP contribution in [-0.4, -0.2) is 25.2 Å². The Hall–Kier alpha value is -2.87. The number of benzene rings is 3. The molecular weight excluding hydrogens is 507 g/mol. The van der Waals surface area contributed by atoms with Crippen molar-refractivity contribution in [3.8, 4) is 11.5 Å². The molecule has 3 rings (SSSR count). The molecule has 0 aliphatic carbocycles. The predicted molar refractivity (Wildman–Crippen MR) is 124 cm³/mol. The molecule has 0 bridgehead atoms. The maximum Gasteiger partial charge on any atom is 0.345 e. The Labute approximate surface area is 196 Å². The van der Waals surface area contributed by atoms with Crippen molar-refractivity contribution in [3.63, 3.8) is 0 Å². The van der Waals surface area contributed by atoms with E-state index >= 15 is 0 Å². The number of hydrogen-bond donors (Lipinski definition) is 1. The van der Waals surface area contributed by atoms with Crippen LogP contribution in [0.3, 0.4) is 0 Å². The summed E-state index contributed by atoms with van der Waals surface area (Å²) in [6.07, 6.45) is 1.44. The summed E-state index contributed by atoms with van der Waals surface area (Å²) in [7, 11) is 1.44. The third-order valence-corrected chi connectivity index (χ3v) is 5.05. The summed E-state index contributed by atoms with van der Waals surface area (Å²) < 4.78 is 11.5. The van der Waals surface area contributed by atoms with Crippen LogP contribution in [-0.2, 0) is 0 Å². The summed E-state index contributed by atoms with van der Waals surface area (Å²) in [5.74, 6) is -0.493. The minimum Gasteiger partial charge on any atom is -0.493 e. The normalized spacial score (nSPS) is 10.7. The molecule has 1 N–H and O–H groups in total. The van der Waals surface area contributed by atoms with Crippen molar-refractivity contribution in [2.24, 2.45) is 5.10 Å². The zero-order valence-electron chi connectivity index (χ0n) is 16.1. The summed E-state index contributed by atoms with van der Waals surface area (Å²) in [6.45, 7) is 0. The molecule has 0 atom stereocenters. The molecule has 0 heterocycles. The van der Waals surface area contributed by atoms with E-state index in [0.717, 1.165) is 4.47 Å². The summed E-state index contributed by atoms with van der Waals surface area (Å²) in [4.78, 5) is 24.5. The molecule has 3 aromatic carbocycles. The molecule has 0 aromatic heterocycles. The topological polar surface area (TPSA) is 77.0 Å². The van der Waals surface area contributed by atoms with E-state index in [2.05, 4.69) is 26.5 Å². The molecule has 0 radical (unpaired) electrons. The van der Waals surface area contributed by atoms with Crippen LogP contribution in [0.2, 0.25) is 10.0 Å². The van der Waals surface area contributed by atoms with Crippen LogP contribution in [0.15, 0.2) is 70.2 Å². The molecule has 6 nitrogen and oxygen atoms in total. The molecule has 0 aliphatic heterocycles. The highest BCUT2D eigenvalue weighted by Crippen LogP contribution is 2.30. The Morgan fingerprint density at radius 3 is 2.55 bits per heavy atom. The number of amides is 1. The smallest absolute Gasteiger partial charge is 0.345 e. The number of hydrogen-bond acceptors (Lipinski definition) is 5. The average Bonchev–Trinajstić information content (AvgIpc) is 2.74. The maximum absolute atomic E-state index is 12.4. The van der Waals surface area contributed by atoms with E-state index in [-0.39, 0.29) is 22.2 Å². The van der Waals surface area contributed by atoms with Crippen LogP contribution in [0.1, 0.15) is 26.3 Å². The summed E-state index contributed by atoms with van der Waals surface area (Å²) in [5.41, 5.74) is 3.71. The number of nitrogens with one attached hydrogen (secondary N) is 1. The number of hydrazone groups is 1. The lowest BCUT2D eigenvalue weighted by molar-refractivity contribution is 0.0729. The van der Waals surface area contributed by atoms with Gasteiger partial charge in [0.05, 0.1) is 23.9 Å². The molecule has 158 valence electrons. The Kier molecular flexibility index (Phi) is 7.68. The molecule has 3 aromatic rings. The fraction of sp³-hybridized carbons (Fsp3) is 0.0455. The first-order valence-electron chi connectivity index (χ1n) is 8.81. The van der Waals surface area contributed by atoms with Crippen LogP contribution in [0.4, 0.5) is 0 Å². The molecule has 0 spiro atoms. The van der Waals surface area contributed by atoms with Gasteiger partial charge in [-0.1, -0.05) is 45.2 Å². The number of nitrogens with zero attached hydrogens (tertiary/aromatic N) is 1. The van der Waals surface area contributed by atoms with Crippen molar-refractivity contribution < 1.29 is 19.1 Å². The predicted octanol–water partition coefficient (Wildman–Crippen LogP) is 5.75. The number of carbonyl (C=O) groups is 2. The average molecular weight is 522 g/mol. The summed E-state index contributed by atoms with van der Waals surface area (Å²) in [5, 5.41) is 4.54. The van der Waals surface area contributed by atoms with Gasteiger partial charge in [-0.15, -0.1) is 0 Å². The van der Waals surface area contributed by atoms with Gasteiger partial charge in [0.15, 0.2) is 11.5 Å². The first-order chi connectivity index (χ1) is 14.9. The largest absolute Gasteiger partial charge is 0.493 e. The van der Waals surface area contributed by atoms with E-state index in [1.165, 1.54) is 25.5 Å². The van der Waals surface area contributed by atoms with Crippen molar-refractivity contribution in [1.29, 1.82) is 0 Å². The standard InChI is InChI=1S/C22H15BrCl2N2O4/c1-30-20-9-13(12-26-27-21(28)14-3-2-4-15(23)10-14)5-8-19(20)31-22(29)17-7-6-16(24)11-18(17)25/h2-12H,1H3,(H,27,28). The molecule has 0 fully saturated rings. The van der Waals surface area contributed by atoms with Gasteiger partial charge in [0.2, 0.25) is 0 Å². The van der Waals surface area contributed by atoms with Gasteiger partial charge in [0.25, 0.3) is 5.91 Å². The maximum atomic E-state index is 12.4. The Morgan fingerprint density at radius 1 is 1.03 bits per heavy atom. The molecule has 31 heavy (non-hydrogen) atoms. The fourth-order valence-electron chi connectivity index (χ4n) is 2.52. The van der Waals surface area contributed by atoms with Crippen molar-refractivity contribution in [1.82, 2.24) is 5.43 Å². The quantitative estimate of drug-likeness (QED) is 0.194. The van der Waals surface area contributed by atoms with Gasteiger partial charge in [-0.3, -0.25) is 4.79 Å². The van der Waals surface area contributed by atoms with E-state index in [9.17, 15) is 9.59 Å². The van der Waals surface area contributed by atoms with Crippen LogP contribution in [0, 0.1) is 0 Å². The third kappa shape index (κ3) is 6.07. The number of rotatable bonds is 6. The molecular formula is C22H15BrCl2N2O4. The number of halogens is 3. The Balaban J connectivity index is 1.70. The molecule has 9 heteroatoms. The van der Waals surface area contributed by atoms with Crippen LogP contribution in [0.25, 0.3) is 0 Å². The van der Waals surface area contributed by atoms with Crippen molar-refractivity contribution in [2.45, 2.75) is 0 Å². The van der Waals surface area contributed by atoms with Gasteiger partial charge >= 0.3 is 5.97 Å². The van der Waals surface area contributed by atoms with Crippen molar-refractivity contribution in [2.75, 3.05) is 7.11 Å². The number of ether oxygens (including phenoxy) is 2. The fourth-order valence-corrected chi connectivity index (χ4v) is 3.40. The second-order valence-corrected chi connectivity index (χ2v) is 7.89. The first kappa shape index (κ1) is 22.8. The van der Waals surface area contributed by atoms with Gasteiger partial charge in [-0.25, -0.2) is 10.2 Å². The highest BCUT2D eigenvalue weighted by molar-refractivity contribution is 9.10. The first-order valence-corrected chi connectivity index (χ1v) is 10.4. The SMILES string of the molecule is COc1cc(C=NNC(=O)c2cccc(Br)c2)ccc1OC(=O)c1ccc(Cl)cc1Cl. The number of esters is 1. The highest BCUT2D eigenvalue weighted by Gasteiger charge is 2.16. The monoisotopic (exact) mass is 520 g/mol. The molecule has 0 saturated carbocycles. The van der Waals surface area contributed by atoms with E-state index in [1.807, 2.05) is 6.07 Å². The van der Waals surface area contributed by atoms with Crippen LogP contribution < -0.4 is 14.9 Å². The molecule has 0 saturated heterocycles. The highest BCUT2D eigenvalue weighted by atomic mass is 79.9. The van der Waals surface area contributed by atoms with E-state index < -0.39 is 5.97 Å². The van der Waals surface area contributed by atoms with Gasteiger partial charge < -0.3 is 9.47 Å². The van der Waals surface area contributed by atoms with E-state index in [4.69, 9.17) is 32.7 Å². The van der Waals surface area contributed by atoms with Gasteiger partial charge in [-0.2, -0.15) is 5.10 Å². The second kappa shape index (κ2) is 10.4. The Bertz CT molecular complexity index is 1170. The second-order valence-electron chi connectivity index (χ2n) is 6.13. The lowest BCUT2D eigenvalue weighted by Crippen LogP contribution is -2.17. The zero-order valence-corrected chi connectivity index (χ0v) is 19.2. The van der Waals surface area contributed by atoms with E-state index in [0.29, 0.717) is 21.9 Å². The number of carbonyl (C=O) groups excluding carboxylic acids is 2. The van der Waals surface area contributed by atoms with Crippen molar-refractivity contribution in [3.05, 3.63) is 91.9 Å². The van der Waals surface area contributed by atoms with Crippen LogP contribution >= 0.6 is 39.1 Å². The third-order valence-electron chi connectivity index (χ3n) is 4.01. The zero-order chi connectivity index (χ0) is 22.4. The lowest BCUT2D eigenvalue weighted by atomic mass is 10.2. The molecule has 0 aliphatic rings. The minimum absolute atomic E-state index is 0.175. The summed E-state index contributed by atoms with van der Waals surface area (Å²) >= 11 is 15.2. The lowest BCUT2D eigenvalue weighted by Gasteiger charge is -2.10. The van der Waals surface area contributed by atoms with Gasteiger partial charge in [0.1, 0.15) is 0 Å². The molecule has 1 amide bonds. The van der Waals surface area contributed by atoms with Crippen molar-refractivity contribution >= 4 is 57.2 Å². The van der Waals surface area contributed by atoms with Crippen LogP contribution in [0.5, 0.6) is 11.5 Å². The molecule has 0 unspecified atom stereocenters.